The van der Waals surface area contributed by atoms with E-state index in [1.54, 1.807) is 11.0 Å². The number of rotatable bonds is 3. The summed E-state index contributed by atoms with van der Waals surface area (Å²) in [6.07, 6.45) is -3.23. The highest BCUT2D eigenvalue weighted by Gasteiger charge is 2.30. The second-order valence-corrected chi connectivity index (χ2v) is 6.43. The van der Waals surface area contributed by atoms with Gasteiger partial charge in [0.25, 0.3) is 5.91 Å². The van der Waals surface area contributed by atoms with Crippen molar-refractivity contribution in [1.29, 1.82) is 0 Å². The fourth-order valence-electron chi connectivity index (χ4n) is 3.09. The van der Waals surface area contributed by atoms with Crippen LogP contribution in [0.4, 0.5) is 18.9 Å². The van der Waals surface area contributed by atoms with Crippen molar-refractivity contribution >= 4 is 17.5 Å². The number of carbonyl (C=O) groups is 2. The zero-order valence-corrected chi connectivity index (χ0v) is 14.8. The number of halogens is 3. The molecule has 0 spiro atoms. The summed E-state index contributed by atoms with van der Waals surface area (Å²) in [6, 6.07) is 9.55. The summed E-state index contributed by atoms with van der Waals surface area (Å²) in [5.41, 5.74) is 1.98. The van der Waals surface area contributed by atoms with Gasteiger partial charge in [0.1, 0.15) is 0 Å². The Hall–Kier alpha value is -2.83. The van der Waals surface area contributed by atoms with Crippen LogP contribution < -0.4 is 5.32 Å². The molecule has 0 atom stereocenters. The van der Waals surface area contributed by atoms with E-state index in [2.05, 4.69) is 5.32 Å². The Kier molecular flexibility index (Phi) is 5.21. The van der Waals surface area contributed by atoms with Gasteiger partial charge in [-0.15, -0.1) is 0 Å². The van der Waals surface area contributed by atoms with Crippen LogP contribution in [-0.2, 0) is 23.9 Å². The van der Waals surface area contributed by atoms with Gasteiger partial charge < -0.3 is 10.2 Å². The molecule has 0 fully saturated rings. The van der Waals surface area contributed by atoms with Crippen LogP contribution in [0.1, 0.15) is 40.4 Å². The number of carbonyl (C=O) groups excluding carboxylic acids is 2. The predicted octanol–water partition coefficient (Wildman–Crippen LogP) is 4.25. The Balaban J connectivity index is 1.73. The van der Waals surface area contributed by atoms with E-state index in [-0.39, 0.29) is 11.5 Å². The van der Waals surface area contributed by atoms with Crippen LogP contribution in [0, 0.1) is 0 Å². The van der Waals surface area contributed by atoms with Gasteiger partial charge in [0, 0.05) is 30.8 Å². The molecule has 1 heterocycles. The molecule has 142 valence electrons. The molecule has 1 aliphatic rings. The van der Waals surface area contributed by atoms with Crippen LogP contribution in [0.2, 0.25) is 0 Å². The molecule has 7 heteroatoms. The lowest BCUT2D eigenvalue weighted by Crippen LogP contribution is -2.35. The minimum absolute atomic E-state index is 0.0832. The number of alkyl halides is 3. The van der Waals surface area contributed by atoms with E-state index in [0.29, 0.717) is 25.2 Å². The molecule has 0 aromatic heterocycles. The highest BCUT2D eigenvalue weighted by molar-refractivity contribution is 6.04. The van der Waals surface area contributed by atoms with E-state index in [1.165, 1.54) is 0 Å². The summed E-state index contributed by atoms with van der Waals surface area (Å²) in [5.74, 6) is -0.402. The van der Waals surface area contributed by atoms with Crippen LogP contribution in [0.3, 0.4) is 0 Å². The van der Waals surface area contributed by atoms with Gasteiger partial charge in [0.15, 0.2) is 0 Å². The smallest absolute Gasteiger partial charge is 0.338 e. The lowest BCUT2D eigenvalue weighted by Gasteiger charge is -2.29. The summed E-state index contributed by atoms with van der Waals surface area (Å²) >= 11 is 0. The van der Waals surface area contributed by atoms with E-state index in [9.17, 15) is 22.8 Å². The molecule has 0 unspecified atom stereocenters. The Labute approximate surface area is 155 Å². The second-order valence-electron chi connectivity index (χ2n) is 6.43. The van der Waals surface area contributed by atoms with E-state index in [0.717, 1.165) is 41.8 Å². The van der Waals surface area contributed by atoms with Crippen molar-refractivity contribution in [2.75, 3.05) is 11.9 Å². The molecular formula is C20H19F3N2O2. The fourth-order valence-corrected chi connectivity index (χ4v) is 3.09. The Morgan fingerprint density at radius 3 is 2.41 bits per heavy atom. The maximum atomic E-state index is 12.6. The van der Waals surface area contributed by atoms with E-state index < -0.39 is 17.6 Å². The maximum absolute atomic E-state index is 12.6. The summed E-state index contributed by atoms with van der Waals surface area (Å²) in [7, 11) is 0. The molecule has 1 N–H and O–H groups in total. The third kappa shape index (κ3) is 4.30. The van der Waals surface area contributed by atoms with Crippen LogP contribution in [-0.4, -0.2) is 23.3 Å². The second kappa shape index (κ2) is 7.42. The summed E-state index contributed by atoms with van der Waals surface area (Å²) in [5, 5.41) is 2.70. The van der Waals surface area contributed by atoms with Gasteiger partial charge in [-0.1, -0.05) is 13.0 Å². The minimum atomic E-state index is -4.44. The molecule has 0 aliphatic carbocycles. The zero-order chi connectivity index (χ0) is 19.6. The number of fused-ring (bicyclic) bond motifs is 1. The summed E-state index contributed by atoms with van der Waals surface area (Å²) < 4.78 is 37.8. The number of nitrogens with one attached hydrogen (secondary N) is 1. The normalized spacial score (nSPS) is 13.9. The van der Waals surface area contributed by atoms with E-state index in [1.807, 2.05) is 19.1 Å². The predicted molar refractivity (Wildman–Crippen MR) is 95.3 cm³/mol. The number of benzene rings is 2. The van der Waals surface area contributed by atoms with Crippen molar-refractivity contribution in [2.45, 2.75) is 32.5 Å². The molecule has 0 saturated heterocycles. The molecule has 0 bridgehead atoms. The lowest BCUT2D eigenvalue weighted by atomic mass is 9.98. The van der Waals surface area contributed by atoms with Gasteiger partial charge >= 0.3 is 6.18 Å². The average Bonchev–Trinajstić information content (AvgIpc) is 2.66. The minimum Gasteiger partial charge on any atom is -0.338 e. The summed E-state index contributed by atoms with van der Waals surface area (Å²) in [4.78, 5) is 26.0. The quantitative estimate of drug-likeness (QED) is 0.871. The standard InChI is InChI=1S/C20H19F3N2O2/c1-2-18(26)25-10-9-13-5-8-17(11-15(13)12-25)24-19(27)14-3-6-16(7-4-14)20(21,22)23/h3-8,11H,2,9-10,12H2,1H3,(H,24,27). The largest absolute Gasteiger partial charge is 0.416 e. The molecular weight excluding hydrogens is 357 g/mol. The average molecular weight is 376 g/mol. The van der Waals surface area contributed by atoms with E-state index >= 15 is 0 Å². The highest BCUT2D eigenvalue weighted by atomic mass is 19.4. The first kappa shape index (κ1) is 18.9. The lowest BCUT2D eigenvalue weighted by molar-refractivity contribution is -0.137. The molecule has 1 aliphatic heterocycles. The number of amides is 2. The third-order valence-corrected chi connectivity index (χ3v) is 4.61. The highest BCUT2D eigenvalue weighted by Crippen LogP contribution is 2.29. The number of nitrogens with zero attached hydrogens (tertiary/aromatic N) is 1. The Bertz CT molecular complexity index is 861. The topological polar surface area (TPSA) is 49.4 Å². The maximum Gasteiger partial charge on any atom is 0.416 e. The Morgan fingerprint density at radius 1 is 1.07 bits per heavy atom. The monoisotopic (exact) mass is 376 g/mol. The van der Waals surface area contributed by atoms with Crippen molar-refractivity contribution < 1.29 is 22.8 Å². The first-order valence-electron chi connectivity index (χ1n) is 8.66. The van der Waals surface area contributed by atoms with Crippen molar-refractivity contribution in [3.8, 4) is 0 Å². The van der Waals surface area contributed by atoms with Gasteiger partial charge in [-0.3, -0.25) is 9.59 Å². The fraction of sp³-hybridized carbons (Fsp3) is 0.300. The number of hydrogen-bond donors (Lipinski definition) is 1. The molecule has 3 rings (SSSR count). The van der Waals surface area contributed by atoms with Gasteiger partial charge in [-0.25, -0.2) is 0 Å². The molecule has 0 radical (unpaired) electrons. The van der Waals surface area contributed by atoms with Crippen molar-refractivity contribution in [1.82, 2.24) is 4.90 Å². The summed E-state index contributed by atoms with van der Waals surface area (Å²) in [6.45, 7) is 2.99. The number of hydrogen-bond acceptors (Lipinski definition) is 2. The number of anilines is 1. The molecule has 4 nitrogen and oxygen atoms in total. The molecule has 2 aromatic rings. The van der Waals surface area contributed by atoms with Crippen LogP contribution >= 0.6 is 0 Å². The third-order valence-electron chi connectivity index (χ3n) is 4.61. The zero-order valence-electron chi connectivity index (χ0n) is 14.8. The Morgan fingerprint density at radius 2 is 1.78 bits per heavy atom. The molecule has 0 saturated carbocycles. The van der Waals surface area contributed by atoms with Crippen molar-refractivity contribution in [2.24, 2.45) is 0 Å². The molecule has 27 heavy (non-hydrogen) atoms. The first-order valence-corrected chi connectivity index (χ1v) is 8.66. The van der Waals surface area contributed by atoms with Gasteiger partial charge in [0.2, 0.25) is 5.91 Å². The van der Waals surface area contributed by atoms with Crippen LogP contribution in [0.5, 0.6) is 0 Å². The molecule has 2 aromatic carbocycles. The van der Waals surface area contributed by atoms with Gasteiger partial charge in [-0.2, -0.15) is 13.2 Å². The first-order chi connectivity index (χ1) is 12.8. The van der Waals surface area contributed by atoms with Crippen LogP contribution in [0.25, 0.3) is 0 Å². The van der Waals surface area contributed by atoms with Crippen LogP contribution in [0.15, 0.2) is 42.5 Å². The van der Waals surface area contributed by atoms with Gasteiger partial charge in [0.05, 0.1) is 5.56 Å². The molecule has 2 amide bonds. The van der Waals surface area contributed by atoms with Gasteiger partial charge in [-0.05, 0) is 53.9 Å². The van der Waals surface area contributed by atoms with Crippen molar-refractivity contribution in [3.05, 3.63) is 64.7 Å². The van der Waals surface area contributed by atoms with Crippen molar-refractivity contribution in [3.63, 3.8) is 0 Å². The van der Waals surface area contributed by atoms with E-state index in [4.69, 9.17) is 0 Å². The SMILES string of the molecule is CCC(=O)N1CCc2ccc(NC(=O)c3ccc(C(F)(F)F)cc3)cc2C1.